The van der Waals surface area contributed by atoms with Crippen molar-refractivity contribution in [3.63, 3.8) is 0 Å². The predicted molar refractivity (Wildman–Crippen MR) is 180 cm³/mol. The predicted octanol–water partition coefficient (Wildman–Crippen LogP) is 5.62. The van der Waals surface area contributed by atoms with E-state index in [4.69, 9.17) is 32.6 Å². The molecule has 0 radical (unpaired) electrons. The minimum atomic E-state index is -4.28. The van der Waals surface area contributed by atoms with E-state index in [0.717, 1.165) is 25.7 Å². The third-order valence-electron chi connectivity index (χ3n) is 13.7. The molecule has 1 aromatic rings. The van der Waals surface area contributed by atoms with Crippen molar-refractivity contribution in [2.75, 3.05) is 39.6 Å². The Labute approximate surface area is 312 Å². The summed E-state index contributed by atoms with van der Waals surface area (Å²) in [4.78, 5) is 11.2. The highest BCUT2D eigenvalue weighted by molar-refractivity contribution is 7.86. The molecule has 3 spiro atoms. The third-order valence-corrected chi connectivity index (χ3v) is 15.1. The van der Waals surface area contributed by atoms with Crippen molar-refractivity contribution in [1.82, 2.24) is 0 Å². The van der Waals surface area contributed by atoms with Crippen LogP contribution in [0, 0.1) is 35.5 Å². The zero-order chi connectivity index (χ0) is 38.0. The number of ketones is 1. The summed E-state index contributed by atoms with van der Waals surface area (Å²) in [7, 11) is -4.28. The molecule has 16 heteroatoms. The standard InChI is InChI=1S/C17H20F2O5S.C11H16F2O3.C10H14O3/c18-15(19)16(24-25(20,21)14-4-2-1-3-5-14)10-12-6-7-13(11-16)17(12)22-8-9-23-17;12-9(13)10(14)5-7-1-2-8(6-10)11(7)15-3-4-16-11;11-9-5-7-1-2-8(6-9)10(7)12-3-4-13-10/h1-5,12-13,15H,6-11H2;7-9,14H,1-6H2;7-8H,1-6H2. The molecule has 3 aliphatic heterocycles. The lowest BCUT2D eigenvalue weighted by molar-refractivity contribution is -0.263. The maximum Gasteiger partial charge on any atom is 0.297 e. The van der Waals surface area contributed by atoms with E-state index in [9.17, 15) is 35.9 Å². The Bertz CT molecular complexity index is 1560. The average molecular weight is 791 g/mol. The lowest BCUT2D eigenvalue weighted by Gasteiger charge is -2.47. The number of hydrogen-bond donors (Lipinski definition) is 1. The average Bonchev–Trinajstić information content (AvgIpc) is 4.01. The van der Waals surface area contributed by atoms with Gasteiger partial charge in [0.05, 0.1) is 44.5 Å². The first-order valence-electron chi connectivity index (χ1n) is 19.4. The Morgan fingerprint density at radius 3 is 1.35 bits per heavy atom. The first kappa shape index (κ1) is 39.1. The summed E-state index contributed by atoms with van der Waals surface area (Å²) in [6.07, 6.45) is 0.992. The second kappa shape index (κ2) is 14.6. The van der Waals surface area contributed by atoms with Crippen LogP contribution in [0.2, 0.25) is 0 Å². The fourth-order valence-electron chi connectivity index (χ4n) is 11.4. The largest absolute Gasteiger partial charge is 0.384 e. The van der Waals surface area contributed by atoms with Gasteiger partial charge in [-0.05, 0) is 76.3 Å². The number of carbonyl (C=O) groups is 1. The molecule has 3 heterocycles. The number of rotatable bonds is 5. The van der Waals surface area contributed by atoms with Crippen LogP contribution in [0.1, 0.15) is 77.0 Å². The number of alkyl halides is 4. The maximum absolute atomic E-state index is 14.0. The van der Waals surface area contributed by atoms with E-state index in [1.807, 2.05) is 0 Å². The summed E-state index contributed by atoms with van der Waals surface area (Å²) in [5.74, 6) is -1.45. The van der Waals surface area contributed by atoms with Crippen LogP contribution >= 0.6 is 0 Å². The maximum atomic E-state index is 14.0. The van der Waals surface area contributed by atoms with Gasteiger partial charge in [0.1, 0.15) is 17.0 Å². The Hall–Kier alpha value is -1.76. The third kappa shape index (κ3) is 6.56. The van der Waals surface area contributed by atoms with Gasteiger partial charge in [0.15, 0.2) is 17.4 Å². The first-order chi connectivity index (χ1) is 25.8. The molecule has 54 heavy (non-hydrogen) atoms. The van der Waals surface area contributed by atoms with Gasteiger partial charge in [-0.25, -0.2) is 17.6 Å². The van der Waals surface area contributed by atoms with Crippen LogP contribution in [0.3, 0.4) is 0 Å². The summed E-state index contributed by atoms with van der Waals surface area (Å²) in [5, 5.41) is 9.91. The van der Waals surface area contributed by atoms with Crippen LogP contribution < -0.4 is 0 Å². The lowest BCUT2D eigenvalue weighted by atomic mass is 9.73. The Morgan fingerprint density at radius 1 is 0.593 bits per heavy atom. The van der Waals surface area contributed by atoms with E-state index in [0.29, 0.717) is 82.9 Å². The molecule has 10 rings (SSSR count). The second-order valence-electron chi connectivity index (χ2n) is 16.6. The van der Waals surface area contributed by atoms with Gasteiger partial charge in [-0.3, -0.25) is 8.98 Å². The molecule has 6 saturated carbocycles. The van der Waals surface area contributed by atoms with Crippen molar-refractivity contribution in [3.8, 4) is 0 Å². The van der Waals surface area contributed by atoms with Crippen molar-refractivity contribution in [2.24, 2.45) is 35.5 Å². The molecule has 11 nitrogen and oxygen atoms in total. The van der Waals surface area contributed by atoms with Gasteiger partial charge in [0.25, 0.3) is 23.0 Å². The van der Waals surface area contributed by atoms with Gasteiger partial charge in [0.2, 0.25) is 0 Å². The minimum absolute atomic E-state index is 0.0762. The zero-order valence-electron chi connectivity index (χ0n) is 30.2. The van der Waals surface area contributed by atoms with E-state index in [2.05, 4.69) is 0 Å². The van der Waals surface area contributed by atoms with E-state index < -0.39 is 45.7 Å². The molecule has 9 fully saturated rings. The van der Waals surface area contributed by atoms with Gasteiger partial charge < -0.3 is 33.5 Å². The molecule has 3 saturated heterocycles. The first-order valence-corrected chi connectivity index (χ1v) is 20.8. The lowest BCUT2D eigenvalue weighted by Crippen LogP contribution is -2.56. The van der Waals surface area contributed by atoms with E-state index in [-0.39, 0.29) is 60.0 Å². The number of hydrogen-bond acceptors (Lipinski definition) is 11. The molecule has 1 aromatic carbocycles. The molecule has 6 unspecified atom stereocenters. The number of halogens is 4. The second-order valence-corrected chi connectivity index (χ2v) is 18.1. The van der Waals surface area contributed by atoms with Crippen LogP contribution in [-0.4, -0.2) is 100 Å². The Morgan fingerprint density at radius 2 is 0.963 bits per heavy atom. The van der Waals surface area contributed by atoms with Crippen LogP contribution in [-0.2, 0) is 47.5 Å². The molecule has 0 aromatic heterocycles. The van der Waals surface area contributed by atoms with Crippen LogP contribution in [0.15, 0.2) is 35.2 Å². The molecule has 0 amide bonds. The topological polar surface area (TPSA) is 136 Å². The molecular formula is C38H50F4O11S. The van der Waals surface area contributed by atoms with Gasteiger partial charge in [-0.1, -0.05) is 18.2 Å². The highest BCUT2D eigenvalue weighted by atomic mass is 32.2. The number of ether oxygens (including phenoxy) is 6. The summed E-state index contributed by atoms with van der Waals surface area (Å²) in [6.45, 7) is 3.39. The number of aliphatic hydroxyl groups is 1. The monoisotopic (exact) mass is 790 g/mol. The Balaban J connectivity index is 0.000000122. The summed E-state index contributed by atoms with van der Waals surface area (Å²) in [5.41, 5.74) is -3.85. The minimum Gasteiger partial charge on any atom is -0.384 e. The highest BCUT2D eigenvalue weighted by Crippen LogP contribution is 2.60. The molecule has 6 aliphatic carbocycles. The van der Waals surface area contributed by atoms with Crippen LogP contribution in [0.25, 0.3) is 0 Å². The number of carbonyl (C=O) groups excluding carboxylic acids is 1. The smallest absolute Gasteiger partial charge is 0.297 e. The van der Waals surface area contributed by atoms with Crippen molar-refractivity contribution in [1.29, 1.82) is 0 Å². The summed E-state index contributed by atoms with van der Waals surface area (Å²) in [6, 6.07) is 7.41. The SMILES string of the molecule is O=C1CC2CCC(C1)C21OCCO1.O=S(=O)(OC1(C(F)F)CC2CCC(C1)C21OCCO1)c1ccccc1.OC1(C(F)F)CC2CCC(C1)C21OCCO1. The van der Waals surface area contributed by atoms with E-state index >= 15 is 0 Å². The van der Waals surface area contributed by atoms with E-state index in [1.54, 1.807) is 6.07 Å². The fraction of sp³-hybridized carbons (Fsp3) is 0.816. The number of benzene rings is 1. The van der Waals surface area contributed by atoms with Crippen molar-refractivity contribution >= 4 is 15.9 Å². The summed E-state index contributed by atoms with van der Waals surface area (Å²) >= 11 is 0. The molecule has 302 valence electrons. The van der Waals surface area contributed by atoms with Gasteiger partial charge in [0, 0.05) is 48.3 Å². The summed E-state index contributed by atoms with van der Waals surface area (Å²) < 4.78 is 118. The highest BCUT2D eigenvalue weighted by Gasteiger charge is 2.66. The van der Waals surface area contributed by atoms with Crippen LogP contribution in [0.4, 0.5) is 17.6 Å². The molecule has 1 N–H and O–H groups in total. The van der Waals surface area contributed by atoms with Gasteiger partial charge in [-0.15, -0.1) is 0 Å². The molecule has 6 bridgehead atoms. The quantitative estimate of drug-likeness (QED) is 0.294. The van der Waals surface area contributed by atoms with Crippen molar-refractivity contribution in [2.45, 2.75) is 123 Å². The Kier molecular flexibility index (Phi) is 10.5. The molecule has 6 atom stereocenters. The van der Waals surface area contributed by atoms with Crippen molar-refractivity contribution in [3.05, 3.63) is 30.3 Å². The van der Waals surface area contributed by atoms with Gasteiger partial charge >= 0.3 is 0 Å². The normalized spacial score (nSPS) is 39.4. The van der Waals surface area contributed by atoms with Crippen LogP contribution in [0.5, 0.6) is 0 Å². The zero-order valence-corrected chi connectivity index (χ0v) is 31.0. The fourth-order valence-corrected chi connectivity index (χ4v) is 12.7. The molecule has 9 aliphatic rings. The number of Topliss-reactive ketones (excluding diaryl/α,β-unsaturated/α-hetero) is 1. The van der Waals surface area contributed by atoms with E-state index in [1.165, 1.54) is 24.3 Å². The molecular weight excluding hydrogens is 740 g/mol. The van der Waals surface area contributed by atoms with Crippen molar-refractivity contribution < 1.29 is 68.5 Å². The van der Waals surface area contributed by atoms with Gasteiger partial charge in [-0.2, -0.15) is 8.42 Å².